The maximum atomic E-state index is 12.5. The van der Waals surface area contributed by atoms with Gasteiger partial charge < -0.3 is 9.30 Å². The third kappa shape index (κ3) is 2.53. The van der Waals surface area contributed by atoms with E-state index in [9.17, 15) is 13.2 Å². The molecular weight excluding hydrogens is 275 g/mol. The van der Waals surface area contributed by atoms with E-state index >= 15 is 0 Å². The zero-order valence-electron chi connectivity index (χ0n) is 10.5. The molecule has 0 unspecified atom stereocenters. The average Bonchev–Trinajstić information content (AvgIpc) is 2.92. The van der Waals surface area contributed by atoms with Crippen molar-refractivity contribution in [2.75, 3.05) is 13.2 Å². The summed E-state index contributed by atoms with van der Waals surface area (Å²) < 4.78 is 45.9. The van der Waals surface area contributed by atoms with Gasteiger partial charge in [0, 0.05) is 19.2 Å². The van der Waals surface area contributed by atoms with Crippen molar-refractivity contribution in [1.82, 2.24) is 24.5 Å². The number of hydrogen-bond donors (Lipinski definition) is 0. The molecule has 1 aliphatic heterocycles. The molecule has 3 heterocycles. The summed E-state index contributed by atoms with van der Waals surface area (Å²) in [5, 5.41) is 11.6. The lowest BCUT2D eigenvalue weighted by Gasteiger charge is -2.06. The predicted octanol–water partition coefficient (Wildman–Crippen LogP) is 1.11. The van der Waals surface area contributed by atoms with E-state index in [-0.39, 0.29) is 6.54 Å². The summed E-state index contributed by atoms with van der Waals surface area (Å²) in [5.74, 6) is 1.38. The predicted molar refractivity (Wildman–Crippen MR) is 60.9 cm³/mol. The van der Waals surface area contributed by atoms with Gasteiger partial charge in [0.1, 0.15) is 12.4 Å². The number of hydrogen-bond acceptors (Lipinski definition) is 4. The Labute approximate surface area is 112 Å². The third-order valence-electron chi connectivity index (χ3n) is 3.07. The van der Waals surface area contributed by atoms with Crippen molar-refractivity contribution in [2.45, 2.75) is 25.7 Å². The van der Waals surface area contributed by atoms with E-state index in [2.05, 4.69) is 15.3 Å². The highest BCUT2D eigenvalue weighted by Gasteiger charge is 2.33. The Morgan fingerprint density at radius 1 is 1.25 bits per heavy atom. The number of halogens is 3. The van der Waals surface area contributed by atoms with Crippen LogP contribution in [0.15, 0.2) is 12.3 Å². The Balaban J connectivity index is 1.81. The van der Waals surface area contributed by atoms with Gasteiger partial charge in [0.2, 0.25) is 0 Å². The van der Waals surface area contributed by atoms with E-state index in [1.54, 1.807) is 0 Å². The molecule has 0 aromatic carbocycles. The van der Waals surface area contributed by atoms with Crippen molar-refractivity contribution in [3.05, 3.63) is 29.6 Å². The fourth-order valence-corrected chi connectivity index (χ4v) is 2.10. The summed E-state index contributed by atoms with van der Waals surface area (Å²) >= 11 is 0. The van der Waals surface area contributed by atoms with E-state index < -0.39 is 11.9 Å². The van der Waals surface area contributed by atoms with E-state index in [0.717, 1.165) is 11.9 Å². The van der Waals surface area contributed by atoms with Gasteiger partial charge in [0.25, 0.3) is 0 Å². The summed E-state index contributed by atoms with van der Waals surface area (Å²) in [6.07, 6.45) is -2.49. The zero-order chi connectivity index (χ0) is 14.2. The largest absolute Gasteiger partial charge is 0.435 e. The minimum atomic E-state index is -4.43. The van der Waals surface area contributed by atoms with Crippen LogP contribution in [0.25, 0.3) is 0 Å². The van der Waals surface area contributed by atoms with Crippen LogP contribution in [0, 0.1) is 0 Å². The smallest absolute Gasteiger partial charge is 0.379 e. The number of aromatic nitrogens is 5. The minimum absolute atomic E-state index is 0.156. The van der Waals surface area contributed by atoms with Gasteiger partial charge in [-0.15, -0.1) is 10.2 Å². The minimum Gasteiger partial charge on any atom is -0.379 e. The lowest BCUT2D eigenvalue weighted by Crippen LogP contribution is -2.13. The summed E-state index contributed by atoms with van der Waals surface area (Å²) in [6.45, 7) is 1.89. The summed E-state index contributed by atoms with van der Waals surface area (Å²) in [5.41, 5.74) is -0.906. The van der Waals surface area contributed by atoms with Crippen LogP contribution >= 0.6 is 0 Å². The molecule has 9 heteroatoms. The number of fused-ring (bicyclic) bond motifs is 1. The molecule has 0 fully saturated rings. The quantitative estimate of drug-likeness (QED) is 0.830. The summed E-state index contributed by atoms with van der Waals surface area (Å²) in [7, 11) is 0. The maximum absolute atomic E-state index is 12.5. The van der Waals surface area contributed by atoms with Gasteiger partial charge in [0.05, 0.1) is 13.2 Å². The summed E-state index contributed by atoms with van der Waals surface area (Å²) in [4.78, 5) is 0. The van der Waals surface area contributed by atoms with Crippen LogP contribution in [0.3, 0.4) is 0 Å². The maximum Gasteiger partial charge on any atom is 0.435 e. The van der Waals surface area contributed by atoms with Crippen LogP contribution in [-0.2, 0) is 30.4 Å². The molecule has 6 nitrogen and oxygen atoms in total. The standard InChI is InChI=1S/C11H12F3N5O/c12-11(13,14)8-1-3-18(17-8)7-10-16-15-9-2-5-20-6-4-19(9)10/h1,3H,2,4-7H2. The van der Waals surface area contributed by atoms with E-state index in [1.165, 1.54) is 10.9 Å². The molecule has 20 heavy (non-hydrogen) atoms. The van der Waals surface area contributed by atoms with Gasteiger partial charge in [-0.1, -0.05) is 0 Å². The lowest BCUT2D eigenvalue weighted by molar-refractivity contribution is -0.141. The molecule has 1 aliphatic rings. The van der Waals surface area contributed by atoms with Crippen LogP contribution in [0.5, 0.6) is 0 Å². The van der Waals surface area contributed by atoms with Crippen LogP contribution < -0.4 is 0 Å². The van der Waals surface area contributed by atoms with Crippen LogP contribution in [0.1, 0.15) is 17.3 Å². The molecule has 0 saturated carbocycles. The Hall–Kier alpha value is -1.90. The Bertz CT molecular complexity index is 603. The Morgan fingerprint density at radius 3 is 2.85 bits per heavy atom. The summed E-state index contributed by atoms with van der Waals surface area (Å²) in [6, 6.07) is 0.947. The second-order valence-electron chi connectivity index (χ2n) is 4.44. The number of rotatable bonds is 2. The highest BCUT2D eigenvalue weighted by molar-refractivity contribution is 5.05. The van der Waals surface area contributed by atoms with Crippen LogP contribution in [-0.4, -0.2) is 37.8 Å². The highest BCUT2D eigenvalue weighted by Crippen LogP contribution is 2.27. The fraction of sp³-hybridized carbons (Fsp3) is 0.545. The molecule has 0 amide bonds. The topological polar surface area (TPSA) is 57.8 Å². The second-order valence-corrected chi connectivity index (χ2v) is 4.44. The number of alkyl halides is 3. The van der Waals surface area contributed by atoms with Crippen molar-refractivity contribution in [1.29, 1.82) is 0 Å². The molecule has 3 rings (SSSR count). The molecule has 0 saturated heterocycles. The molecule has 108 valence electrons. The second kappa shape index (κ2) is 4.89. The van der Waals surface area contributed by atoms with Crippen molar-refractivity contribution in [2.24, 2.45) is 0 Å². The molecule has 0 N–H and O–H groups in total. The average molecular weight is 287 g/mol. The van der Waals surface area contributed by atoms with Crippen LogP contribution in [0.2, 0.25) is 0 Å². The van der Waals surface area contributed by atoms with E-state index in [1.807, 2.05) is 4.57 Å². The van der Waals surface area contributed by atoms with E-state index in [0.29, 0.717) is 32.0 Å². The molecule has 0 bridgehead atoms. The lowest BCUT2D eigenvalue weighted by atomic mass is 10.4. The zero-order valence-corrected chi connectivity index (χ0v) is 10.5. The van der Waals surface area contributed by atoms with Crippen molar-refractivity contribution in [3.8, 4) is 0 Å². The van der Waals surface area contributed by atoms with Gasteiger partial charge in [-0.25, -0.2) is 0 Å². The van der Waals surface area contributed by atoms with Gasteiger partial charge in [0.15, 0.2) is 11.5 Å². The molecule has 2 aromatic heterocycles. The molecule has 2 aromatic rings. The molecule has 0 radical (unpaired) electrons. The van der Waals surface area contributed by atoms with Crippen LogP contribution in [0.4, 0.5) is 13.2 Å². The Morgan fingerprint density at radius 2 is 2.10 bits per heavy atom. The van der Waals surface area contributed by atoms with Gasteiger partial charge in [-0.3, -0.25) is 4.68 Å². The van der Waals surface area contributed by atoms with Gasteiger partial charge in [-0.2, -0.15) is 18.3 Å². The first kappa shape index (κ1) is 13.1. The van der Waals surface area contributed by atoms with Crippen molar-refractivity contribution in [3.63, 3.8) is 0 Å². The molecule has 0 atom stereocenters. The van der Waals surface area contributed by atoms with Gasteiger partial charge in [-0.05, 0) is 6.07 Å². The number of nitrogens with zero attached hydrogens (tertiary/aromatic N) is 5. The first-order valence-electron chi connectivity index (χ1n) is 6.13. The fourth-order valence-electron chi connectivity index (χ4n) is 2.10. The first-order valence-corrected chi connectivity index (χ1v) is 6.13. The monoisotopic (exact) mass is 287 g/mol. The SMILES string of the molecule is FC(F)(F)c1ccn(Cc2nnc3n2CCOCC3)n1. The first-order chi connectivity index (χ1) is 9.54. The molecular formula is C11H12F3N5O. The number of ether oxygens (including phenoxy) is 1. The third-order valence-corrected chi connectivity index (χ3v) is 3.07. The Kier molecular flexibility index (Phi) is 3.20. The van der Waals surface area contributed by atoms with E-state index in [4.69, 9.17) is 4.74 Å². The van der Waals surface area contributed by atoms with Gasteiger partial charge >= 0.3 is 6.18 Å². The molecule has 0 spiro atoms. The van der Waals surface area contributed by atoms with Crippen molar-refractivity contribution >= 4 is 0 Å². The molecule has 0 aliphatic carbocycles. The normalized spacial score (nSPS) is 15.9. The highest BCUT2D eigenvalue weighted by atomic mass is 19.4. The van der Waals surface area contributed by atoms with Crippen molar-refractivity contribution < 1.29 is 17.9 Å².